The van der Waals surface area contributed by atoms with Gasteiger partial charge in [0.25, 0.3) is 5.91 Å². The summed E-state index contributed by atoms with van der Waals surface area (Å²) in [6.45, 7) is 0. The van der Waals surface area contributed by atoms with Crippen LogP contribution in [0.25, 0.3) is 0 Å². The van der Waals surface area contributed by atoms with Crippen molar-refractivity contribution < 1.29 is 9.00 Å². The molecule has 0 saturated carbocycles. The number of H-pyrrole nitrogens is 1. The van der Waals surface area contributed by atoms with E-state index < -0.39 is 10.8 Å². The molecule has 0 aliphatic rings. The largest absolute Gasteiger partial charge is 0.343 e. The van der Waals surface area contributed by atoms with E-state index in [2.05, 4.69) is 15.5 Å². The summed E-state index contributed by atoms with van der Waals surface area (Å²) >= 11 is 0. The van der Waals surface area contributed by atoms with Crippen molar-refractivity contribution in [2.75, 3.05) is 12.0 Å². The van der Waals surface area contributed by atoms with Gasteiger partial charge in [0, 0.05) is 29.0 Å². The number of amides is 1. The van der Waals surface area contributed by atoms with Crippen LogP contribution in [0.5, 0.6) is 0 Å². The lowest BCUT2D eigenvalue weighted by Gasteiger charge is -2.17. The summed E-state index contributed by atoms with van der Waals surface area (Å²) in [4.78, 5) is 12.0. The third-order valence-corrected chi connectivity index (χ3v) is 3.46. The highest BCUT2D eigenvalue weighted by molar-refractivity contribution is 7.84. The number of carbonyl (C=O) groups is 1. The lowest BCUT2D eigenvalue weighted by molar-refractivity contribution is 0.0935. The van der Waals surface area contributed by atoms with Crippen LogP contribution in [-0.2, 0) is 10.8 Å². The number of aromatic amines is 1. The number of nitrogens with zero attached hydrogens (tertiary/aromatic N) is 1. The highest BCUT2D eigenvalue weighted by Crippen LogP contribution is 2.14. The molecule has 6 heteroatoms. The molecule has 0 saturated heterocycles. The molecule has 1 amide bonds. The molecule has 2 rings (SSSR count). The van der Waals surface area contributed by atoms with Crippen molar-refractivity contribution in [2.24, 2.45) is 0 Å². The summed E-state index contributed by atoms with van der Waals surface area (Å²) in [5, 5.41) is 9.21. The third kappa shape index (κ3) is 3.75. The Morgan fingerprint density at radius 1 is 1.37 bits per heavy atom. The topological polar surface area (TPSA) is 74.8 Å². The van der Waals surface area contributed by atoms with Gasteiger partial charge in [0.05, 0.1) is 6.04 Å². The number of rotatable bonds is 5. The van der Waals surface area contributed by atoms with E-state index in [1.165, 1.54) is 6.20 Å². The molecule has 2 N–H and O–H groups in total. The second kappa shape index (κ2) is 6.29. The van der Waals surface area contributed by atoms with E-state index in [4.69, 9.17) is 0 Å². The van der Waals surface area contributed by atoms with Gasteiger partial charge in [0.1, 0.15) is 5.69 Å². The Balaban J connectivity index is 2.15. The first-order chi connectivity index (χ1) is 9.16. The van der Waals surface area contributed by atoms with Gasteiger partial charge in [-0.05, 0) is 11.6 Å². The molecule has 5 nitrogen and oxygen atoms in total. The van der Waals surface area contributed by atoms with Crippen LogP contribution in [0.15, 0.2) is 42.6 Å². The monoisotopic (exact) mass is 277 g/mol. The van der Waals surface area contributed by atoms with Crippen molar-refractivity contribution in [3.63, 3.8) is 0 Å². The second-order valence-corrected chi connectivity index (χ2v) is 5.63. The van der Waals surface area contributed by atoms with Crippen molar-refractivity contribution in [3.05, 3.63) is 53.9 Å². The molecule has 0 fully saturated rings. The lowest BCUT2D eigenvalue weighted by atomic mass is 10.1. The van der Waals surface area contributed by atoms with Crippen LogP contribution in [0.2, 0.25) is 0 Å². The maximum Gasteiger partial charge on any atom is 0.269 e. The van der Waals surface area contributed by atoms with Crippen molar-refractivity contribution in [2.45, 2.75) is 6.04 Å². The van der Waals surface area contributed by atoms with Gasteiger partial charge in [-0.3, -0.25) is 14.1 Å². The predicted molar refractivity (Wildman–Crippen MR) is 74.2 cm³/mol. The summed E-state index contributed by atoms with van der Waals surface area (Å²) in [7, 11) is -1.000. The van der Waals surface area contributed by atoms with Crippen LogP contribution in [0.1, 0.15) is 22.1 Å². The van der Waals surface area contributed by atoms with Crippen LogP contribution in [0.4, 0.5) is 0 Å². The third-order valence-electron chi connectivity index (χ3n) is 2.65. The standard InChI is InChI=1S/C13H15N3O2S/c1-19(18)9-12(10-5-3-2-4-6-10)15-13(17)11-7-8-14-16-11/h2-8,12H,9H2,1H3,(H,14,16)(H,15,17)/t12-,19-/m1/s1. The van der Waals surface area contributed by atoms with Crippen LogP contribution in [0, 0.1) is 0 Å². The van der Waals surface area contributed by atoms with Crippen LogP contribution >= 0.6 is 0 Å². The van der Waals surface area contributed by atoms with E-state index in [-0.39, 0.29) is 11.9 Å². The van der Waals surface area contributed by atoms with Crippen molar-refractivity contribution in [1.29, 1.82) is 0 Å². The Labute approximate surface area is 113 Å². The van der Waals surface area contributed by atoms with Crippen molar-refractivity contribution in [1.82, 2.24) is 15.5 Å². The fraction of sp³-hybridized carbons (Fsp3) is 0.231. The molecule has 1 heterocycles. The summed E-state index contributed by atoms with van der Waals surface area (Å²) in [6.07, 6.45) is 3.14. The van der Waals surface area contributed by atoms with Crippen LogP contribution < -0.4 is 5.32 Å². The maximum atomic E-state index is 12.0. The Hall–Kier alpha value is -1.95. The fourth-order valence-electron chi connectivity index (χ4n) is 1.76. The Morgan fingerprint density at radius 2 is 2.11 bits per heavy atom. The quantitative estimate of drug-likeness (QED) is 0.864. The van der Waals surface area contributed by atoms with E-state index >= 15 is 0 Å². The number of hydrogen-bond donors (Lipinski definition) is 2. The molecule has 1 aromatic carbocycles. The Morgan fingerprint density at radius 3 is 2.68 bits per heavy atom. The number of benzene rings is 1. The molecule has 0 aliphatic heterocycles. The first-order valence-corrected chi connectivity index (χ1v) is 7.54. The van der Waals surface area contributed by atoms with Gasteiger partial charge in [-0.2, -0.15) is 5.10 Å². The van der Waals surface area contributed by atoms with E-state index in [0.717, 1.165) is 5.56 Å². The van der Waals surface area contributed by atoms with E-state index in [9.17, 15) is 9.00 Å². The van der Waals surface area contributed by atoms with Crippen LogP contribution in [0.3, 0.4) is 0 Å². The Kier molecular flexibility index (Phi) is 4.46. The number of aromatic nitrogens is 2. The molecule has 1 aromatic heterocycles. The van der Waals surface area contributed by atoms with Gasteiger partial charge in [-0.25, -0.2) is 0 Å². The van der Waals surface area contributed by atoms with Gasteiger partial charge >= 0.3 is 0 Å². The van der Waals surface area contributed by atoms with Crippen molar-refractivity contribution in [3.8, 4) is 0 Å². The minimum atomic E-state index is -1.000. The zero-order chi connectivity index (χ0) is 13.7. The lowest BCUT2D eigenvalue weighted by Crippen LogP contribution is -2.32. The van der Waals surface area contributed by atoms with Gasteiger partial charge < -0.3 is 5.32 Å². The molecule has 0 spiro atoms. The van der Waals surface area contributed by atoms with E-state index in [0.29, 0.717) is 11.4 Å². The highest BCUT2D eigenvalue weighted by Gasteiger charge is 2.17. The molecule has 2 atom stereocenters. The van der Waals surface area contributed by atoms with E-state index in [1.807, 2.05) is 30.3 Å². The minimum absolute atomic E-state index is 0.253. The average molecular weight is 277 g/mol. The summed E-state index contributed by atoms with van der Waals surface area (Å²) < 4.78 is 11.4. The molecule has 2 aromatic rings. The second-order valence-electron chi connectivity index (χ2n) is 4.15. The fourth-order valence-corrected chi connectivity index (χ4v) is 2.50. The number of nitrogens with one attached hydrogen (secondary N) is 2. The number of carbonyl (C=O) groups excluding carboxylic acids is 1. The molecule has 0 aliphatic carbocycles. The number of hydrogen-bond acceptors (Lipinski definition) is 3. The van der Waals surface area contributed by atoms with Gasteiger partial charge in [-0.15, -0.1) is 0 Å². The molecular weight excluding hydrogens is 262 g/mol. The van der Waals surface area contributed by atoms with Crippen LogP contribution in [-0.4, -0.2) is 32.3 Å². The average Bonchev–Trinajstić information content (AvgIpc) is 2.92. The minimum Gasteiger partial charge on any atom is -0.343 e. The summed E-state index contributed by atoms with van der Waals surface area (Å²) in [5.74, 6) is 0.126. The predicted octanol–water partition coefficient (Wildman–Crippen LogP) is 1.26. The zero-order valence-electron chi connectivity index (χ0n) is 10.5. The first-order valence-electron chi connectivity index (χ1n) is 5.82. The van der Waals surface area contributed by atoms with Gasteiger partial charge in [0.2, 0.25) is 0 Å². The highest BCUT2D eigenvalue weighted by atomic mass is 32.2. The summed E-state index contributed by atoms with van der Waals surface area (Å²) in [6, 6.07) is 10.8. The SMILES string of the molecule is C[S@@](=O)C[C@@H](NC(=O)c1ccn[nH]1)c1ccccc1. The molecule has 100 valence electrons. The summed E-state index contributed by atoms with van der Waals surface area (Å²) in [5.41, 5.74) is 1.33. The normalized spacial score (nSPS) is 13.7. The van der Waals surface area contributed by atoms with Gasteiger partial charge in [0.15, 0.2) is 0 Å². The molecule has 0 bridgehead atoms. The molecular formula is C13H15N3O2S. The smallest absolute Gasteiger partial charge is 0.269 e. The maximum absolute atomic E-state index is 12.0. The zero-order valence-corrected chi connectivity index (χ0v) is 11.3. The molecule has 0 radical (unpaired) electrons. The van der Waals surface area contributed by atoms with Gasteiger partial charge in [-0.1, -0.05) is 30.3 Å². The molecule has 0 unspecified atom stereocenters. The van der Waals surface area contributed by atoms with E-state index in [1.54, 1.807) is 12.3 Å². The van der Waals surface area contributed by atoms with Crippen molar-refractivity contribution >= 4 is 16.7 Å². The molecule has 19 heavy (non-hydrogen) atoms. The Bertz CT molecular complexity index is 555. The first kappa shape index (κ1) is 13.5.